The smallest absolute Gasteiger partial charge is 0.260 e. The van der Waals surface area contributed by atoms with E-state index in [1.807, 2.05) is 38.1 Å². The van der Waals surface area contributed by atoms with Crippen LogP contribution in [0.25, 0.3) is 10.2 Å². The molecule has 1 aromatic heterocycles. The lowest BCUT2D eigenvalue weighted by molar-refractivity contribution is 0.0985. The number of aromatic nitrogens is 1. The summed E-state index contributed by atoms with van der Waals surface area (Å²) in [5, 5.41) is 1.19. The van der Waals surface area contributed by atoms with E-state index in [0.29, 0.717) is 28.8 Å². The number of hydrogen-bond acceptors (Lipinski definition) is 6. The van der Waals surface area contributed by atoms with Crippen LogP contribution in [0.4, 0.5) is 5.13 Å². The van der Waals surface area contributed by atoms with Gasteiger partial charge in [0.2, 0.25) is 10.0 Å². The highest BCUT2D eigenvalue weighted by molar-refractivity contribution is 7.89. The number of carbonyl (C=O) groups excluding carboxylic acids is 1. The Bertz CT molecular complexity index is 1330. The average molecular weight is 570 g/mol. The summed E-state index contributed by atoms with van der Waals surface area (Å²) in [6.07, 6.45) is 3.04. The van der Waals surface area contributed by atoms with Crippen molar-refractivity contribution in [2.75, 3.05) is 45.2 Å². The number of anilines is 1. The Morgan fingerprint density at radius 1 is 1.08 bits per heavy atom. The number of fused-ring (bicyclic) bond motifs is 1. The van der Waals surface area contributed by atoms with E-state index in [2.05, 4.69) is 13.2 Å². The highest BCUT2D eigenvalue weighted by atomic mass is 35.5. The number of rotatable bonds is 11. The first-order valence-corrected chi connectivity index (χ1v) is 13.6. The number of thiazole rings is 1. The number of benzene rings is 2. The minimum atomic E-state index is -3.75. The van der Waals surface area contributed by atoms with Crippen LogP contribution in [-0.4, -0.2) is 68.8 Å². The molecule has 0 saturated heterocycles. The van der Waals surface area contributed by atoms with Crippen LogP contribution in [0.2, 0.25) is 5.02 Å². The Morgan fingerprint density at radius 2 is 1.69 bits per heavy atom. The van der Waals surface area contributed by atoms with Crippen molar-refractivity contribution in [2.24, 2.45) is 0 Å². The Labute approximate surface area is 228 Å². The molecule has 0 aliphatic rings. The molecule has 194 valence electrons. The number of likely N-dealkylation sites (N-methyl/N-ethyl adjacent to an activating group) is 1. The van der Waals surface area contributed by atoms with Crippen molar-refractivity contribution in [3.63, 3.8) is 0 Å². The minimum absolute atomic E-state index is 0. The molecule has 0 N–H and O–H groups in total. The first-order valence-electron chi connectivity index (χ1n) is 10.9. The van der Waals surface area contributed by atoms with Crippen molar-refractivity contribution in [3.05, 3.63) is 77.9 Å². The molecular weight excluding hydrogens is 539 g/mol. The average Bonchev–Trinajstić information content (AvgIpc) is 3.23. The highest BCUT2D eigenvalue weighted by Crippen LogP contribution is 2.33. The zero-order valence-electron chi connectivity index (χ0n) is 20.5. The van der Waals surface area contributed by atoms with E-state index in [1.54, 1.807) is 4.90 Å². The largest absolute Gasteiger partial charge is 0.308 e. The van der Waals surface area contributed by atoms with E-state index in [1.165, 1.54) is 52.1 Å². The fourth-order valence-corrected chi connectivity index (χ4v) is 6.30. The molecule has 0 aliphatic heterocycles. The van der Waals surface area contributed by atoms with Gasteiger partial charge >= 0.3 is 0 Å². The third-order valence-corrected chi connectivity index (χ3v) is 8.38. The van der Waals surface area contributed by atoms with Gasteiger partial charge in [0.25, 0.3) is 5.91 Å². The van der Waals surface area contributed by atoms with E-state index in [-0.39, 0.29) is 36.3 Å². The quantitative estimate of drug-likeness (QED) is 0.295. The van der Waals surface area contributed by atoms with E-state index < -0.39 is 10.0 Å². The second kappa shape index (κ2) is 12.8. The fraction of sp³-hybridized carbons (Fsp3) is 0.280. The van der Waals surface area contributed by atoms with Crippen LogP contribution in [0.15, 0.2) is 66.6 Å². The normalized spacial score (nSPS) is 11.5. The maximum Gasteiger partial charge on any atom is 0.260 e. The van der Waals surface area contributed by atoms with Crippen LogP contribution in [0, 0.1) is 6.92 Å². The molecule has 0 aliphatic carbocycles. The van der Waals surface area contributed by atoms with Gasteiger partial charge in [-0.2, -0.15) is 4.31 Å². The Hall–Kier alpha value is -2.27. The van der Waals surface area contributed by atoms with Crippen molar-refractivity contribution in [1.29, 1.82) is 0 Å². The molecule has 11 heteroatoms. The summed E-state index contributed by atoms with van der Waals surface area (Å²) < 4.78 is 28.2. The predicted molar refractivity (Wildman–Crippen MR) is 152 cm³/mol. The zero-order chi connectivity index (χ0) is 25.8. The molecule has 3 rings (SSSR count). The second-order valence-corrected chi connectivity index (χ2v) is 11.6. The van der Waals surface area contributed by atoms with Gasteiger partial charge in [-0.05, 0) is 63.0 Å². The summed E-state index contributed by atoms with van der Waals surface area (Å²) in [5.41, 5.74) is 2.12. The molecule has 3 aromatic rings. The van der Waals surface area contributed by atoms with Crippen LogP contribution in [0.5, 0.6) is 0 Å². The molecule has 0 spiro atoms. The van der Waals surface area contributed by atoms with Crippen LogP contribution < -0.4 is 4.90 Å². The molecule has 0 unspecified atom stereocenters. The Balaban J connectivity index is 0.00000456. The van der Waals surface area contributed by atoms with Gasteiger partial charge in [-0.1, -0.05) is 35.1 Å². The lowest BCUT2D eigenvalue weighted by Crippen LogP contribution is -2.36. The summed E-state index contributed by atoms with van der Waals surface area (Å²) in [6.45, 7) is 10.6. The maximum atomic E-state index is 13.5. The van der Waals surface area contributed by atoms with Gasteiger partial charge in [-0.15, -0.1) is 25.6 Å². The molecular formula is C25H30Cl2N4O3S2. The summed E-state index contributed by atoms with van der Waals surface area (Å²) in [4.78, 5) is 22.0. The molecule has 0 radical (unpaired) electrons. The van der Waals surface area contributed by atoms with E-state index >= 15 is 0 Å². The molecule has 0 bridgehead atoms. The fourth-order valence-electron chi connectivity index (χ4n) is 3.48. The molecule has 0 fully saturated rings. The summed E-state index contributed by atoms with van der Waals surface area (Å²) in [6, 6.07) is 9.67. The Kier molecular flexibility index (Phi) is 10.7. The number of aryl methyl sites for hydroxylation is 1. The van der Waals surface area contributed by atoms with Crippen LogP contribution in [0.3, 0.4) is 0 Å². The zero-order valence-corrected chi connectivity index (χ0v) is 23.7. The number of amides is 1. The van der Waals surface area contributed by atoms with Crippen molar-refractivity contribution < 1.29 is 13.2 Å². The van der Waals surface area contributed by atoms with Gasteiger partial charge in [0.05, 0.1) is 15.1 Å². The number of carbonyl (C=O) groups is 1. The molecule has 0 saturated carbocycles. The molecule has 0 atom stereocenters. The summed E-state index contributed by atoms with van der Waals surface area (Å²) >= 11 is 7.62. The lowest BCUT2D eigenvalue weighted by atomic mass is 10.2. The lowest BCUT2D eigenvalue weighted by Gasteiger charge is -2.22. The van der Waals surface area contributed by atoms with Gasteiger partial charge in [-0.25, -0.2) is 13.4 Å². The number of halogens is 2. The highest BCUT2D eigenvalue weighted by Gasteiger charge is 2.25. The monoisotopic (exact) mass is 568 g/mol. The van der Waals surface area contributed by atoms with Crippen LogP contribution >= 0.6 is 35.3 Å². The van der Waals surface area contributed by atoms with Crippen LogP contribution in [0.1, 0.15) is 15.9 Å². The molecule has 7 nitrogen and oxygen atoms in total. The van der Waals surface area contributed by atoms with Gasteiger partial charge in [-0.3, -0.25) is 9.69 Å². The number of nitrogens with zero attached hydrogens (tertiary/aromatic N) is 4. The SMILES string of the molecule is C=CCN(CC=C)S(=O)(=O)c1ccc(C(=O)N(CCN(C)C)c2nc3c(C)cc(Cl)cc3s2)cc1.Cl. The molecule has 1 amide bonds. The van der Waals surface area contributed by atoms with Crippen LogP contribution in [-0.2, 0) is 10.0 Å². The molecule has 36 heavy (non-hydrogen) atoms. The van der Waals surface area contributed by atoms with Gasteiger partial charge in [0, 0.05) is 36.8 Å². The van der Waals surface area contributed by atoms with Gasteiger partial charge in [0.1, 0.15) is 0 Å². The van der Waals surface area contributed by atoms with Crippen molar-refractivity contribution >= 4 is 66.6 Å². The first kappa shape index (κ1) is 30.0. The van der Waals surface area contributed by atoms with Crippen molar-refractivity contribution in [3.8, 4) is 0 Å². The molecule has 1 heterocycles. The van der Waals surface area contributed by atoms with Crippen molar-refractivity contribution in [1.82, 2.24) is 14.2 Å². The number of hydrogen-bond donors (Lipinski definition) is 0. The number of sulfonamides is 1. The summed E-state index contributed by atoms with van der Waals surface area (Å²) in [7, 11) is 0.115. The van der Waals surface area contributed by atoms with Gasteiger partial charge in [0.15, 0.2) is 5.13 Å². The standard InChI is InChI=1S/C25H29ClN4O3S2.ClH/c1-6-12-29(13-7-2)35(32,33)21-10-8-19(9-11-21)24(31)30(15-14-28(4)5)25-27-23-18(3)16-20(26)17-22(23)34-25;/h6-11,16-17H,1-2,12-15H2,3-5H3;1H. The second-order valence-electron chi connectivity index (χ2n) is 8.25. The van der Waals surface area contributed by atoms with E-state index in [9.17, 15) is 13.2 Å². The Morgan fingerprint density at radius 3 is 2.25 bits per heavy atom. The summed E-state index contributed by atoms with van der Waals surface area (Å²) in [5.74, 6) is -0.257. The van der Waals surface area contributed by atoms with Crippen molar-refractivity contribution in [2.45, 2.75) is 11.8 Å². The topological polar surface area (TPSA) is 73.8 Å². The maximum absolute atomic E-state index is 13.5. The third kappa shape index (κ3) is 6.73. The third-order valence-electron chi connectivity index (χ3n) is 5.29. The van der Waals surface area contributed by atoms with E-state index in [0.717, 1.165) is 15.8 Å². The first-order chi connectivity index (χ1) is 16.6. The van der Waals surface area contributed by atoms with Gasteiger partial charge < -0.3 is 4.90 Å². The molecule has 2 aromatic carbocycles. The minimum Gasteiger partial charge on any atom is -0.308 e. The van der Waals surface area contributed by atoms with E-state index in [4.69, 9.17) is 16.6 Å². The predicted octanol–water partition coefficient (Wildman–Crippen LogP) is 5.25.